The molecule has 0 bridgehead atoms. The second kappa shape index (κ2) is 8.81. The molecular formula is C19H27N7O2. The minimum absolute atomic E-state index is 0.123. The summed E-state index contributed by atoms with van der Waals surface area (Å²) >= 11 is 0. The third-order valence-electron chi connectivity index (χ3n) is 5.55. The van der Waals surface area contributed by atoms with Crippen molar-refractivity contribution in [3.8, 4) is 0 Å². The van der Waals surface area contributed by atoms with Crippen LogP contribution in [0.5, 0.6) is 0 Å². The maximum Gasteiger partial charge on any atom is 0.307 e. The monoisotopic (exact) mass is 385 g/mol. The van der Waals surface area contributed by atoms with Crippen molar-refractivity contribution in [2.75, 3.05) is 13.1 Å². The molecule has 3 atom stereocenters. The van der Waals surface area contributed by atoms with E-state index in [1.807, 2.05) is 24.0 Å². The third-order valence-corrected chi connectivity index (χ3v) is 5.55. The molecule has 9 heteroatoms. The molecule has 150 valence electrons. The maximum absolute atomic E-state index is 11.8. The molecule has 1 aromatic carbocycles. The Bertz CT molecular complexity index is 791. The number of likely N-dealkylation sites (tertiary alicyclic amines) is 1. The van der Waals surface area contributed by atoms with Crippen LogP contribution in [-0.4, -0.2) is 55.6 Å². The molecule has 5 N–H and O–H groups in total. The summed E-state index contributed by atoms with van der Waals surface area (Å²) in [7, 11) is 0. The molecule has 0 spiro atoms. The van der Waals surface area contributed by atoms with Crippen LogP contribution in [-0.2, 0) is 11.2 Å². The minimum Gasteiger partial charge on any atom is -0.481 e. The zero-order chi connectivity index (χ0) is 20.1. The van der Waals surface area contributed by atoms with Crippen molar-refractivity contribution in [3.05, 3.63) is 41.2 Å². The molecule has 1 aliphatic heterocycles. The van der Waals surface area contributed by atoms with Crippen LogP contribution in [0.15, 0.2) is 24.3 Å². The van der Waals surface area contributed by atoms with Crippen LogP contribution in [0.4, 0.5) is 0 Å². The third kappa shape index (κ3) is 4.47. The number of guanidine groups is 1. The molecule has 0 saturated carbocycles. The van der Waals surface area contributed by atoms with Gasteiger partial charge in [0.15, 0.2) is 11.8 Å². The first-order chi connectivity index (χ1) is 13.5. The first-order valence-corrected chi connectivity index (χ1v) is 9.63. The molecule has 0 amide bonds. The minimum atomic E-state index is -0.824. The summed E-state index contributed by atoms with van der Waals surface area (Å²) in [6, 6.07) is 8.28. The van der Waals surface area contributed by atoms with Crippen LogP contribution in [0.1, 0.15) is 55.0 Å². The molecular weight excluding hydrogens is 358 g/mol. The van der Waals surface area contributed by atoms with Crippen molar-refractivity contribution in [2.45, 2.75) is 44.4 Å². The number of carboxylic acid groups (broad SMARTS) is 1. The number of aliphatic carboxylic acids is 1. The Morgan fingerprint density at radius 1 is 1.43 bits per heavy atom. The van der Waals surface area contributed by atoms with Gasteiger partial charge in [0.1, 0.15) is 0 Å². The lowest BCUT2D eigenvalue weighted by atomic mass is 9.83. The van der Waals surface area contributed by atoms with Gasteiger partial charge in [-0.15, -0.1) is 5.10 Å². The van der Waals surface area contributed by atoms with E-state index in [0.29, 0.717) is 24.6 Å². The summed E-state index contributed by atoms with van der Waals surface area (Å²) in [5, 5.41) is 31.3. The smallest absolute Gasteiger partial charge is 0.307 e. The quantitative estimate of drug-likeness (QED) is 0.400. The molecule has 1 saturated heterocycles. The van der Waals surface area contributed by atoms with Crippen molar-refractivity contribution >= 4 is 11.9 Å². The Labute approximate surface area is 163 Å². The van der Waals surface area contributed by atoms with Crippen LogP contribution < -0.4 is 5.73 Å². The standard InChI is InChI=1S/C19H27N7O2/c1-2-3-15(18(27)28)16(17-22-24-25-23-17)10-12-4-6-13(7-5-12)14-8-9-26(11-14)19(20)21/h4-7,14-16H,2-3,8-11H2,1H3,(H3,20,21)(H,27,28)(H,22,23,24,25)/t14?,15-,16-/m0/s1. The van der Waals surface area contributed by atoms with Gasteiger partial charge in [-0.25, -0.2) is 5.10 Å². The van der Waals surface area contributed by atoms with Crippen LogP contribution in [0.3, 0.4) is 0 Å². The first-order valence-electron chi connectivity index (χ1n) is 9.63. The highest BCUT2D eigenvalue weighted by Gasteiger charge is 2.31. The highest BCUT2D eigenvalue weighted by atomic mass is 16.4. The van der Waals surface area contributed by atoms with Gasteiger partial charge in [0, 0.05) is 24.9 Å². The van der Waals surface area contributed by atoms with E-state index >= 15 is 0 Å². The van der Waals surface area contributed by atoms with E-state index in [2.05, 4.69) is 32.8 Å². The Hall–Kier alpha value is -2.97. The zero-order valence-corrected chi connectivity index (χ0v) is 16.0. The number of carbonyl (C=O) groups is 1. The van der Waals surface area contributed by atoms with Gasteiger partial charge in [-0.05, 0) is 40.8 Å². The molecule has 0 radical (unpaired) electrons. The number of hydrogen-bond donors (Lipinski definition) is 4. The highest BCUT2D eigenvalue weighted by Crippen LogP contribution is 2.31. The number of rotatable bonds is 8. The van der Waals surface area contributed by atoms with E-state index in [1.165, 1.54) is 5.56 Å². The average molecular weight is 385 g/mol. The number of aromatic amines is 1. The Kier molecular flexibility index (Phi) is 6.23. The van der Waals surface area contributed by atoms with Crippen molar-refractivity contribution in [1.29, 1.82) is 5.41 Å². The van der Waals surface area contributed by atoms with Crippen molar-refractivity contribution in [2.24, 2.45) is 11.7 Å². The largest absolute Gasteiger partial charge is 0.481 e. The molecule has 3 rings (SSSR count). The summed E-state index contributed by atoms with van der Waals surface area (Å²) in [5.41, 5.74) is 7.85. The van der Waals surface area contributed by atoms with Crippen LogP contribution in [0.2, 0.25) is 0 Å². The predicted octanol–water partition coefficient (Wildman–Crippen LogP) is 1.71. The summed E-state index contributed by atoms with van der Waals surface area (Å²) in [6.45, 7) is 3.55. The highest BCUT2D eigenvalue weighted by molar-refractivity contribution is 5.75. The summed E-state index contributed by atoms with van der Waals surface area (Å²) in [4.78, 5) is 13.7. The topological polar surface area (TPSA) is 145 Å². The van der Waals surface area contributed by atoms with Crippen molar-refractivity contribution < 1.29 is 9.90 Å². The number of nitrogens with zero attached hydrogens (tertiary/aromatic N) is 4. The fourth-order valence-electron chi connectivity index (χ4n) is 3.99. The number of aromatic nitrogens is 4. The van der Waals surface area contributed by atoms with Gasteiger partial charge >= 0.3 is 5.97 Å². The van der Waals surface area contributed by atoms with E-state index in [1.54, 1.807) is 0 Å². The molecule has 28 heavy (non-hydrogen) atoms. The normalized spacial score (nSPS) is 18.8. The van der Waals surface area contributed by atoms with Crippen molar-refractivity contribution in [3.63, 3.8) is 0 Å². The Morgan fingerprint density at radius 3 is 2.71 bits per heavy atom. The number of H-pyrrole nitrogens is 1. The van der Waals surface area contributed by atoms with Gasteiger partial charge in [-0.1, -0.05) is 37.6 Å². The average Bonchev–Trinajstić information content (AvgIpc) is 3.36. The summed E-state index contributed by atoms with van der Waals surface area (Å²) in [5.74, 6) is -0.679. The number of benzene rings is 1. The lowest BCUT2D eigenvalue weighted by Crippen LogP contribution is -2.34. The molecule has 2 heterocycles. The van der Waals surface area contributed by atoms with E-state index < -0.39 is 11.9 Å². The fourth-order valence-corrected chi connectivity index (χ4v) is 3.99. The van der Waals surface area contributed by atoms with Crippen LogP contribution in [0, 0.1) is 11.3 Å². The summed E-state index contributed by atoms with van der Waals surface area (Å²) in [6.07, 6.45) is 2.88. The SMILES string of the molecule is CCC[C@H](C(=O)O)[C@H](Cc1ccc(C2CCN(C(=N)N)C2)cc1)c1nnn[nH]1. The first kappa shape index (κ1) is 19.8. The van der Waals surface area contributed by atoms with Gasteiger partial charge in [-0.2, -0.15) is 0 Å². The number of carboxylic acids is 1. The molecule has 1 aliphatic rings. The van der Waals surface area contributed by atoms with E-state index in [9.17, 15) is 9.90 Å². The Balaban J connectivity index is 1.74. The second-order valence-electron chi connectivity index (χ2n) is 7.39. The molecule has 1 aromatic heterocycles. The lowest BCUT2D eigenvalue weighted by Gasteiger charge is -2.21. The van der Waals surface area contributed by atoms with Crippen LogP contribution in [0.25, 0.3) is 0 Å². The zero-order valence-electron chi connectivity index (χ0n) is 16.0. The van der Waals surface area contributed by atoms with Gasteiger partial charge in [-0.3, -0.25) is 10.2 Å². The molecule has 2 aromatic rings. The van der Waals surface area contributed by atoms with Gasteiger partial charge in [0.2, 0.25) is 0 Å². The van der Waals surface area contributed by atoms with Crippen molar-refractivity contribution in [1.82, 2.24) is 25.5 Å². The predicted molar refractivity (Wildman–Crippen MR) is 104 cm³/mol. The number of nitrogens with two attached hydrogens (primary N) is 1. The molecule has 9 nitrogen and oxygen atoms in total. The van der Waals surface area contributed by atoms with E-state index in [4.69, 9.17) is 11.1 Å². The van der Waals surface area contributed by atoms with Gasteiger partial charge < -0.3 is 15.7 Å². The maximum atomic E-state index is 11.8. The number of tetrazole rings is 1. The number of nitrogens with one attached hydrogen (secondary N) is 2. The molecule has 1 unspecified atom stereocenters. The van der Waals surface area contributed by atoms with Gasteiger partial charge in [0.25, 0.3) is 0 Å². The van der Waals surface area contributed by atoms with E-state index in [-0.39, 0.29) is 11.9 Å². The lowest BCUT2D eigenvalue weighted by molar-refractivity contribution is -0.142. The molecule has 0 aliphatic carbocycles. The molecule has 1 fully saturated rings. The Morgan fingerprint density at radius 2 is 2.18 bits per heavy atom. The van der Waals surface area contributed by atoms with E-state index in [0.717, 1.165) is 31.5 Å². The number of hydrogen-bond acceptors (Lipinski definition) is 5. The fraction of sp³-hybridized carbons (Fsp3) is 0.526. The second-order valence-corrected chi connectivity index (χ2v) is 7.39. The summed E-state index contributed by atoms with van der Waals surface area (Å²) < 4.78 is 0. The van der Waals surface area contributed by atoms with Crippen LogP contribution >= 0.6 is 0 Å². The van der Waals surface area contributed by atoms with Gasteiger partial charge in [0.05, 0.1) is 5.92 Å².